The largest absolute Gasteiger partial charge is 0.497 e. The molecule has 0 aliphatic carbocycles. The lowest BCUT2D eigenvalue weighted by Crippen LogP contribution is -2.34. The molecule has 2 heterocycles. The van der Waals surface area contributed by atoms with Crippen molar-refractivity contribution in [3.05, 3.63) is 98.6 Å². The van der Waals surface area contributed by atoms with Crippen LogP contribution in [0.4, 0.5) is 5.69 Å². The zero-order valence-corrected chi connectivity index (χ0v) is 19.4. The Kier molecular flexibility index (Phi) is 6.81. The molecule has 10 nitrogen and oxygen atoms in total. The lowest BCUT2D eigenvalue weighted by atomic mass is 10.0. The Morgan fingerprint density at radius 3 is 2.66 bits per heavy atom. The molecule has 4 aromatic rings. The molecular formula is C25H26N6O4. The molecule has 0 aliphatic heterocycles. The van der Waals surface area contributed by atoms with E-state index in [4.69, 9.17) is 10.5 Å². The first-order valence-electron chi connectivity index (χ1n) is 11.0. The molecule has 0 spiro atoms. The lowest BCUT2D eigenvalue weighted by molar-refractivity contribution is 0.0935. The summed E-state index contributed by atoms with van der Waals surface area (Å²) >= 11 is 0. The van der Waals surface area contributed by atoms with Crippen LogP contribution in [0.25, 0.3) is 11.1 Å². The number of nitrogen functional groups attached to an aromatic ring is 1. The second-order valence-corrected chi connectivity index (χ2v) is 8.11. The standard InChI is InChI=1S/C25H26N6O4/c1-15(28-24(33)22-21(26)23(32)30-25(34)29-22)17-4-3-5-18(12-17)19-13-27-31(14-19)11-10-16-6-8-20(35-2)9-7-16/h3-9,12-15H,10-11,26H2,1-2H3,(H,28,33)(H2,29,30,32,34). The van der Waals surface area contributed by atoms with Crippen LogP contribution >= 0.6 is 0 Å². The Bertz CT molecular complexity index is 1450. The van der Waals surface area contributed by atoms with Crippen molar-refractivity contribution in [2.45, 2.75) is 25.9 Å². The van der Waals surface area contributed by atoms with Crippen molar-refractivity contribution in [3.63, 3.8) is 0 Å². The van der Waals surface area contributed by atoms with Gasteiger partial charge in [-0.2, -0.15) is 5.10 Å². The molecule has 5 N–H and O–H groups in total. The Balaban J connectivity index is 1.44. The zero-order chi connectivity index (χ0) is 24.9. The predicted molar refractivity (Wildman–Crippen MR) is 132 cm³/mol. The van der Waals surface area contributed by atoms with E-state index in [1.807, 2.05) is 64.4 Å². The van der Waals surface area contributed by atoms with Gasteiger partial charge in [-0.15, -0.1) is 0 Å². The number of benzene rings is 2. The van der Waals surface area contributed by atoms with Gasteiger partial charge in [0.1, 0.15) is 17.1 Å². The third kappa shape index (κ3) is 5.49. The SMILES string of the molecule is COc1ccc(CCn2cc(-c3cccc(C(C)NC(=O)c4[nH]c(=O)[nH]c(=O)c4N)c3)cn2)cc1. The Hall–Kier alpha value is -4.60. The summed E-state index contributed by atoms with van der Waals surface area (Å²) in [6.45, 7) is 2.53. The maximum absolute atomic E-state index is 12.6. The van der Waals surface area contributed by atoms with Gasteiger partial charge >= 0.3 is 5.69 Å². The first kappa shape index (κ1) is 23.6. The van der Waals surface area contributed by atoms with Gasteiger partial charge in [0.2, 0.25) is 0 Å². The van der Waals surface area contributed by atoms with E-state index in [1.54, 1.807) is 20.2 Å². The van der Waals surface area contributed by atoms with E-state index < -0.39 is 23.2 Å². The lowest BCUT2D eigenvalue weighted by Gasteiger charge is -2.15. The number of carbonyl (C=O) groups excluding carboxylic acids is 1. The van der Waals surface area contributed by atoms with E-state index in [-0.39, 0.29) is 11.4 Å². The van der Waals surface area contributed by atoms with Crippen molar-refractivity contribution < 1.29 is 9.53 Å². The highest BCUT2D eigenvalue weighted by molar-refractivity contribution is 5.97. The van der Waals surface area contributed by atoms with E-state index in [0.717, 1.165) is 35.4 Å². The first-order chi connectivity index (χ1) is 16.8. The van der Waals surface area contributed by atoms with Gasteiger partial charge in [0.05, 0.1) is 19.3 Å². The molecule has 180 valence electrons. The average molecular weight is 475 g/mol. The molecular weight excluding hydrogens is 448 g/mol. The van der Waals surface area contributed by atoms with Crippen LogP contribution in [-0.4, -0.2) is 32.8 Å². The van der Waals surface area contributed by atoms with Crippen LogP contribution in [0, 0.1) is 0 Å². The Morgan fingerprint density at radius 1 is 1.14 bits per heavy atom. The molecule has 0 radical (unpaired) electrons. The second-order valence-electron chi connectivity index (χ2n) is 8.11. The van der Waals surface area contributed by atoms with Crippen LogP contribution in [0.1, 0.15) is 34.6 Å². The fourth-order valence-electron chi connectivity index (χ4n) is 3.69. The molecule has 0 aliphatic rings. The van der Waals surface area contributed by atoms with Gasteiger partial charge < -0.3 is 20.8 Å². The van der Waals surface area contributed by atoms with Gasteiger partial charge in [-0.3, -0.25) is 19.3 Å². The van der Waals surface area contributed by atoms with Crippen molar-refractivity contribution in [2.75, 3.05) is 12.8 Å². The normalized spacial score (nSPS) is 11.7. The van der Waals surface area contributed by atoms with Gasteiger partial charge in [0.25, 0.3) is 11.5 Å². The van der Waals surface area contributed by atoms with Crippen LogP contribution in [-0.2, 0) is 13.0 Å². The monoisotopic (exact) mass is 474 g/mol. The van der Waals surface area contributed by atoms with Crippen LogP contribution in [0.5, 0.6) is 5.75 Å². The number of aromatic amines is 2. The molecule has 0 saturated heterocycles. The van der Waals surface area contributed by atoms with E-state index in [9.17, 15) is 14.4 Å². The first-order valence-corrected chi connectivity index (χ1v) is 11.0. The van der Waals surface area contributed by atoms with Crippen molar-refractivity contribution >= 4 is 11.6 Å². The number of nitrogens with two attached hydrogens (primary N) is 1. The van der Waals surface area contributed by atoms with Crippen LogP contribution in [0.15, 0.2) is 70.5 Å². The quantitative estimate of drug-likeness (QED) is 0.308. The van der Waals surface area contributed by atoms with E-state index >= 15 is 0 Å². The number of H-pyrrole nitrogens is 2. The maximum Gasteiger partial charge on any atom is 0.326 e. The highest BCUT2D eigenvalue weighted by atomic mass is 16.5. The summed E-state index contributed by atoms with van der Waals surface area (Å²) in [6.07, 6.45) is 4.62. The third-order valence-electron chi connectivity index (χ3n) is 5.70. The van der Waals surface area contributed by atoms with Gasteiger partial charge in [-0.25, -0.2) is 4.79 Å². The van der Waals surface area contributed by atoms with Crippen molar-refractivity contribution in [2.24, 2.45) is 0 Å². The minimum atomic E-state index is -0.808. The summed E-state index contributed by atoms with van der Waals surface area (Å²) in [5, 5.41) is 7.24. The van der Waals surface area contributed by atoms with Crippen molar-refractivity contribution in [1.82, 2.24) is 25.1 Å². The number of aryl methyl sites for hydroxylation is 2. The molecule has 1 unspecified atom stereocenters. The molecule has 35 heavy (non-hydrogen) atoms. The minimum absolute atomic E-state index is 0.264. The minimum Gasteiger partial charge on any atom is -0.497 e. The van der Waals surface area contributed by atoms with E-state index in [2.05, 4.69) is 15.4 Å². The van der Waals surface area contributed by atoms with E-state index in [0.29, 0.717) is 0 Å². The Labute approximate surface area is 200 Å². The van der Waals surface area contributed by atoms with Gasteiger partial charge in [-0.1, -0.05) is 30.3 Å². The second kappa shape index (κ2) is 10.1. The number of nitrogens with zero attached hydrogens (tertiary/aromatic N) is 2. The third-order valence-corrected chi connectivity index (χ3v) is 5.70. The number of ether oxygens (including phenoxy) is 1. The predicted octanol–water partition coefficient (Wildman–Crippen LogP) is 2.25. The molecule has 0 fully saturated rings. The number of rotatable bonds is 8. The topological polar surface area (TPSA) is 148 Å². The molecule has 2 aromatic carbocycles. The number of anilines is 1. The van der Waals surface area contributed by atoms with E-state index in [1.165, 1.54) is 5.56 Å². The summed E-state index contributed by atoms with van der Waals surface area (Å²) in [5.74, 6) is 0.185. The summed E-state index contributed by atoms with van der Waals surface area (Å²) in [6, 6.07) is 15.3. The van der Waals surface area contributed by atoms with Crippen LogP contribution in [0.3, 0.4) is 0 Å². The number of hydrogen-bond donors (Lipinski definition) is 4. The Morgan fingerprint density at radius 2 is 1.91 bits per heavy atom. The number of aromatic nitrogens is 4. The number of methoxy groups -OCH3 is 1. The molecule has 4 rings (SSSR count). The molecule has 1 atom stereocenters. The summed E-state index contributed by atoms with van der Waals surface area (Å²) < 4.78 is 7.09. The summed E-state index contributed by atoms with van der Waals surface area (Å²) in [5.41, 5.74) is 7.37. The molecule has 10 heteroatoms. The highest BCUT2D eigenvalue weighted by Gasteiger charge is 2.17. The van der Waals surface area contributed by atoms with Gasteiger partial charge in [0, 0.05) is 18.3 Å². The fraction of sp³-hybridized carbons (Fsp3) is 0.200. The molecule has 2 aromatic heterocycles. The van der Waals surface area contributed by atoms with Gasteiger partial charge in [0.15, 0.2) is 0 Å². The molecule has 1 amide bonds. The summed E-state index contributed by atoms with van der Waals surface area (Å²) in [4.78, 5) is 40.1. The van der Waals surface area contributed by atoms with Crippen LogP contribution in [0.2, 0.25) is 0 Å². The summed E-state index contributed by atoms with van der Waals surface area (Å²) in [7, 11) is 1.65. The number of hydrogen-bond acceptors (Lipinski definition) is 6. The number of amides is 1. The zero-order valence-electron chi connectivity index (χ0n) is 19.4. The highest BCUT2D eigenvalue weighted by Crippen LogP contribution is 2.23. The van der Waals surface area contributed by atoms with Crippen molar-refractivity contribution in [1.29, 1.82) is 0 Å². The van der Waals surface area contributed by atoms with Crippen molar-refractivity contribution in [3.8, 4) is 16.9 Å². The fourth-order valence-corrected chi connectivity index (χ4v) is 3.69. The maximum atomic E-state index is 12.6. The number of carbonyl (C=O) groups is 1. The smallest absolute Gasteiger partial charge is 0.326 e. The molecule has 0 saturated carbocycles. The average Bonchev–Trinajstić information content (AvgIpc) is 3.34. The number of nitrogens with one attached hydrogen (secondary N) is 3. The van der Waals surface area contributed by atoms with Gasteiger partial charge in [-0.05, 0) is 48.2 Å². The van der Waals surface area contributed by atoms with Crippen LogP contribution < -0.4 is 27.0 Å². The molecule has 0 bridgehead atoms.